The minimum atomic E-state index is -1.26. The van der Waals surface area contributed by atoms with Crippen molar-refractivity contribution < 1.29 is 37.3 Å². The summed E-state index contributed by atoms with van der Waals surface area (Å²) in [6.07, 6.45) is -0.730. The number of aliphatic carboxylic acids is 1. The molecule has 0 bridgehead atoms. The normalized spacial score (nSPS) is 23.1. The number of carbonyl (C=O) groups is 1. The summed E-state index contributed by atoms with van der Waals surface area (Å²) in [6.45, 7) is 1.42. The van der Waals surface area contributed by atoms with E-state index in [0.717, 1.165) is 0 Å². The standard InChI is InChI=1S/C18H30N10O5.ClH/c19-9(17(31)32)2-5-27(4-1-3-23-18(21)22)6-10-12(29)13(30)16(33-10)28-8-26-11-14(20)24-7-25-15(11)28;/h7-10,12-13,16,29-30H,1-6,19H2,(H,31,32)(H2,20,24,25)(H4,21,22,23);1H/p-1/t9-,10-,12-,13-,16-;/m1./s1. The van der Waals surface area contributed by atoms with Crippen LogP contribution in [0.25, 0.3) is 11.2 Å². The maximum Gasteiger partial charge on any atom is 0.320 e. The Kier molecular flexibility index (Phi) is 9.72. The van der Waals surface area contributed by atoms with Crippen molar-refractivity contribution in [1.29, 1.82) is 0 Å². The molecule has 1 fully saturated rings. The number of anilines is 1. The summed E-state index contributed by atoms with van der Waals surface area (Å²) in [5.74, 6) is -0.937. The molecule has 15 nitrogen and oxygen atoms in total. The van der Waals surface area contributed by atoms with Gasteiger partial charge in [0, 0.05) is 26.2 Å². The first-order chi connectivity index (χ1) is 15.7. The molecule has 0 spiro atoms. The summed E-state index contributed by atoms with van der Waals surface area (Å²) < 4.78 is 7.46. The Bertz CT molecular complexity index is 987. The highest BCUT2D eigenvalue weighted by atomic mass is 35.5. The van der Waals surface area contributed by atoms with Gasteiger partial charge in [0.15, 0.2) is 23.7 Å². The van der Waals surface area contributed by atoms with Gasteiger partial charge in [-0.1, -0.05) is 0 Å². The van der Waals surface area contributed by atoms with E-state index in [1.54, 1.807) is 0 Å². The number of halogens is 1. The predicted octanol–water partition coefficient (Wildman–Crippen LogP) is -6.20. The van der Waals surface area contributed by atoms with Gasteiger partial charge in [0.1, 0.15) is 36.2 Å². The number of aliphatic hydroxyl groups is 2. The Morgan fingerprint density at radius 3 is 2.65 bits per heavy atom. The van der Waals surface area contributed by atoms with Crippen molar-refractivity contribution in [3.05, 3.63) is 12.7 Å². The number of hydrogen-bond donors (Lipinski definition) is 7. The van der Waals surface area contributed by atoms with Gasteiger partial charge >= 0.3 is 5.97 Å². The first kappa shape index (κ1) is 27.4. The van der Waals surface area contributed by atoms with Crippen LogP contribution in [0.1, 0.15) is 19.1 Å². The third-order valence-electron chi connectivity index (χ3n) is 5.44. The van der Waals surface area contributed by atoms with E-state index in [1.165, 1.54) is 17.2 Å². The fourth-order valence-electron chi connectivity index (χ4n) is 3.66. The van der Waals surface area contributed by atoms with Crippen molar-refractivity contribution in [3.63, 3.8) is 0 Å². The molecule has 0 amide bonds. The van der Waals surface area contributed by atoms with Crippen LogP contribution in [0.5, 0.6) is 0 Å². The number of fused-ring (bicyclic) bond motifs is 1. The molecule has 0 unspecified atom stereocenters. The zero-order chi connectivity index (χ0) is 24.1. The Morgan fingerprint density at radius 1 is 1.24 bits per heavy atom. The lowest BCUT2D eigenvalue weighted by molar-refractivity contribution is -0.138. The molecule has 2 aromatic rings. The second-order valence-electron chi connectivity index (χ2n) is 7.82. The van der Waals surface area contributed by atoms with E-state index in [9.17, 15) is 15.0 Å². The molecule has 3 heterocycles. The van der Waals surface area contributed by atoms with E-state index < -0.39 is 36.6 Å². The Hall–Kier alpha value is -2.82. The first-order valence-electron chi connectivity index (χ1n) is 10.4. The molecule has 16 heteroatoms. The fourth-order valence-corrected chi connectivity index (χ4v) is 3.66. The SMILES string of the molecule is NC(N)=NCCCN(CC[C@@H](N)C(=O)O)C[C@H]1O[C@@H](n2cnc3c(N)ncnc32)[C@H](O)[C@@H]1O.[Cl-]. The van der Waals surface area contributed by atoms with E-state index in [1.807, 2.05) is 4.90 Å². The van der Waals surface area contributed by atoms with Gasteiger partial charge in [-0.25, -0.2) is 15.0 Å². The van der Waals surface area contributed by atoms with Crippen molar-refractivity contribution >= 4 is 28.9 Å². The number of guanidine groups is 1. The van der Waals surface area contributed by atoms with Crippen LogP contribution in [0.2, 0.25) is 0 Å². The van der Waals surface area contributed by atoms with Gasteiger partial charge in [0.2, 0.25) is 0 Å². The van der Waals surface area contributed by atoms with Crippen LogP contribution in [0.4, 0.5) is 5.82 Å². The van der Waals surface area contributed by atoms with Crippen molar-refractivity contribution in [2.75, 3.05) is 31.9 Å². The monoisotopic (exact) mass is 501 g/mol. The maximum atomic E-state index is 11.1. The quantitative estimate of drug-likeness (QED) is 0.0860. The molecule has 1 saturated heterocycles. The molecule has 1 aliphatic rings. The first-order valence-corrected chi connectivity index (χ1v) is 10.4. The highest BCUT2D eigenvalue weighted by molar-refractivity contribution is 5.81. The number of imidazole rings is 1. The molecule has 3 rings (SSSR count). The summed E-state index contributed by atoms with van der Waals surface area (Å²) in [4.78, 5) is 29.1. The molecule has 190 valence electrons. The van der Waals surface area contributed by atoms with E-state index in [2.05, 4.69) is 19.9 Å². The van der Waals surface area contributed by atoms with Gasteiger partial charge in [0.25, 0.3) is 0 Å². The lowest BCUT2D eigenvalue weighted by Crippen LogP contribution is -3.00. The molecular weight excluding hydrogens is 472 g/mol. The number of carboxylic acid groups (broad SMARTS) is 1. The molecule has 0 saturated carbocycles. The van der Waals surface area contributed by atoms with Crippen LogP contribution in [-0.4, -0.2) is 102 Å². The van der Waals surface area contributed by atoms with Crippen molar-refractivity contribution in [2.45, 2.75) is 43.4 Å². The maximum absolute atomic E-state index is 11.1. The number of rotatable bonds is 11. The van der Waals surface area contributed by atoms with Crippen LogP contribution in [0.3, 0.4) is 0 Å². The average molecular weight is 502 g/mol. The molecule has 34 heavy (non-hydrogen) atoms. The zero-order valence-electron chi connectivity index (χ0n) is 18.3. The van der Waals surface area contributed by atoms with Crippen LogP contribution in [0.15, 0.2) is 17.6 Å². The van der Waals surface area contributed by atoms with Gasteiger partial charge in [-0.3, -0.25) is 14.4 Å². The van der Waals surface area contributed by atoms with Crippen molar-refractivity contribution in [2.24, 2.45) is 22.2 Å². The van der Waals surface area contributed by atoms with Crippen LogP contribution < -0.4 is 35.3 Å². The number of aromatic nitrogens is 4. The molecule has 2 aromatic heterocycles. The smallest absolute Gasteiger partial charge is 0.320 e. The van der Waals surface area contributed by atoms with Crippen LogP contribution >= 0.6 is 0 Å². The van der Waals surface area contributed by atoms with E-state index in [-0.39, 0.29) is 37.2 Å². The minimum absolute atomic E-state index is 0. The third-order valence-corrected chi connectivity index (χ3v) is 5.44. The Labute approximate surface area is 201 Å². The average Bonchev–Trinajstić information content (AvgIpc) is 3.31. The summed E-state index contributed by atoms with van der Waals surface area (Å²) in [5, 5.41) is 30.4. The third kappa shape index (κ3) is 6.40. The fraction of sp³-hybridized carbons (Fsp3) is 0.611. The van der Waals surface area contributed by atoms with Gasteiger partial charge in [-0.05, 0) is 12.8 Å². The second kappa shape index (κ2) is 12.0. The molecular formula is C18H30ClN10O5-. The zero-order valence-corrected chi connectivity index (χ0v) is 19.1. The van der Waals surface area contributed by atoms with Gasteiger partial charge < -0.3 is 60.3 Å². The molecule has 0 aliphatic carbocycles. The highest BCUT2D eigenvalue weighted by Crippen LogP contribution is 2.32. The van der Waals surface area contributed by atoms with E-state index in [0.29, 0.717) is 37.2 Å². The Morgan fingerprint density at radius 2 is 1.97 bits per heavy atom. The van der Waals surface area contributed by atoms with Gasteiger partial charge in [-0.2, -0.15) is 0 Å². The largest absolute Gasteiger partial charge is 1.00 e. The molecule has 5 atom stereocenters. The van der Waals surface area contributed by atoms with E-state index >= 15 is 0 Å². The number of ether oxygens (including phenoxy) is 1. The van der Waals surface area contributed by atoms with Crippen LogP contribution in [0, 0.1) is 0 Å². The minimum Gasteiger partial charge on any atom is -1.00 e. The van der Waals surface area contributed by atoms with Gasteiger partial charge in [-0.15, -0.1) is 0 Å². The predicted molar refractivity (Wildman–Crippen MR) is 118 cm³/mol. The van der Waals surface area contributed by atoms with Crippen molar-refractivity contribution in [3.8, 4) is 0 Å². The number of nitrogens with two attached hydrogens (primary N) is 4. The number of aliphatic hydroxyl groups excluding tert-OH is 2. The summed E-state index contributed by atoms with van der Waals surface area (Å²) in [7, 11) is 0. The number of nitrogens with zero attached hydrogens (tertiary/aromatic N) is 6. The topological polar surface area (TPSA) is 250 Å². The Balaban J connectivity index is 0.00000408. The highest BCUT2D eigenvalue weighted by Gasteiger charge is 2.44. The second-order valence-corrected chi connectivity index (χ2v) is 7.82. The molecule has 0 aromatic carbocycles. The van der Waals surface area contributed by atoms with Crippen molar-refractivity contribution in [1.82, 2.24) is 24.4 Å². The molecule has 1 aliphatic heterocycles. The number of carboxylic acids is 1. The van der Waals surface area contributed by atoms with E-state index in [4.69, 9.17) is 32.8 Å². The molecule has 0 radical (unpaired) electrons. The number of nitrogen functional groups attached to an aromatic ring is 1. The lowest BCUT2D eigenvalue weighted by atomic mass is 10.1. The summed E-state index contributed by atoms with van der Waals surface area (Å²) >= 11 is 0. The lowest BCUT2D eigenvalue weighted by Gasteiger charge is -2.27. The molecule has 11 N–H and O–H groups in total. The number of hydrogen-bond acceptors (Lipinski definition) is 11. The summed E-state index contributed by atoms with van der Waals surface area (Å²) in [5.41, 5.74) is 22.9. The van der Waals surface area contributed by atoms with Gasteiger partial charge in [0.05, 0.1) is 6.33 Å². The van der Waals surface area contributed by atoms with Crippen LogP contribution in [-0.2, 0) is 9.53 Å². The number of aliphatic imine (C=N–C) groups is 1. The summed E-state index contributed by atoms with van der Waals surface area (Å²) in [6, 6.07) is -1.03.